The number of hydrogen-bond donors (Lipinski definition) is 1. The number of carbonyl (C=O) groups is 1. The van der Waals surface area contributed by atoms with Gasteiger partial charge in [0.25, 0.3) is 0 Å². The number of nitrogens with zero attached hydrogens (tertiary/aromatic N) is 2. The standard InChI is InChI=1S/C14H27N3O/c1-11-5-4-6-12(2)17(11)14(18)13(3)16-9-7-15-8-10-16/h11-13,15H,4-10H2,1-3H3/t11-,12+,13?. The minimum atomic E-state index is 0.0371. The van der Waals surface area contributed by atoms with Gasteiger partial charge >= 0.3 is 0 Å². The number of rotatable bonds is 2. The highest BCUT2D eigenvalue weighted by Gasteiger charge is 2.34. The Balaban J connectivity index is 1.99. The third-order valence-electron chi connectivity index (χ3n) is 4.50. The molecule has 4 nitrogen and oxygen atoms in total. The molecule has 2 heterocycles. The van der Waals surface area contributed by atoms with E-state index in [4.69, 9.17) is 0 Å². The fourth-order valence-electron chi connectivity index (χ4n) is 3.30. The molecule has 2 aliphatic heterocycles. The summed E-state index contributed by atoms with van der Waals surface area (Å²) < 4.78 is 0. The molecule has 1 N–H and O–H groups in total. The molecule has 0 bridgehead atoms. The van der Waals surface area contributed by atoms with Crippen molar-refractivity contribution < 1.29 is 4.79 Å². The van der Waals surface area contributed by atoms with E-state index in [1.165, 1.54) is 6.42 Å². The van der Waals surface area contributed by atoms with Crippen LogP contribution in [0, 0.1) is 0 Å². The molecule has 2 saturated heterocycles. The molecule has 104 valence electrons. The van der Waals surface area contributed by atoms with Crippen LogP contribution in [-0.2, 0) is 4.79 Å². The van der Waals surface area contributed by atoms with E-state index in [0.29, 0.717) is 18.0 Å². The Bertz CT molecular complexity index is 279. The van der Waals surface area contributed by atoms with Gasteiger partial charge in [-0.05, 0) is 40.0 Å². The van der Waals surface area contributed by atoms with E-state index in [2.05, 4.69) is 35.9 Å². The highest BCUT2D eigenvalue weighted by atomic mass is 16.2. The predicted molar refractivity (Wildman–Crippen MR) is 73.5 cm³/mol. The lowest BCUT2D eigenvalue weighted by Crippen LogP contribution is -2.57. The molecule has 2 rings (SSSR count). The predicted octanol–water partition coefficient (Wildman–Crippen LogP) is 1.07. The molecule has 0 spiro atoms. The molecule has 0 aromatic heterocycles. The summed E-state index contributed by atoms with van der Waals surface area (Å²) in [6.07, 6.45) is 3.57. The van der Waals surface area contributed by atoms with Crippen molar-refractivity contribution >= 4 is 5.91 Å². The first-order valence-corrected chi connectivity index (χ1v) is 7.38. The van der Waals surface area contributed by atoms with Crippen LogP contribution in [0.4, 0.5) is 0 Å². The maximum atomic E-state index is 12.7. The zero-order valence-electron chi connectivity index (χ0n) is 12.0. The quantitative estimate of drug-likeness (QED) is 0.799. The van der Waals surface area contributed by atoms with Gasteiger partial charge in [-0.25, -0.2) is 0 Å². The second kappa shape index (κ2) is 6.02. The second-order valence-electron chi connectivity index (χ2n) is 5.84. The molecule has 0 aliphatic carbocycles. The number of hydrogen-bond acceptors (Lipinski definition) is 3. The second-order valence-corrected chi connectivity index (χ2v) is 5.84. The number of likely N-dealkylation sites (tertiary alicyclic amines) is 1. The Hall–Kier alpha value is -0.610. The molecule has 2 fully saturated rings. The first-order valence-electron chi connectivity index (χ1n) is 7.38. The van der Waals surface area contributed by atoms with E-state index in [-0.39, 0.29) is 6.04 Å². The van der Waals surface area contributed by atoms with Crippen LogP contribution in [-0.4, -0.2) is 60.0 Å². The van der Waals surface area contributed by atoms with Crippen molar-refractivity contribution in [3.05, 3.63) is 0 Å². The third-order valence-corrected chi connectivity index (χ3v) is 4.50. The normalized spacial score (nSPS) is 32.3. The zero-order chi connectivity index (χ0) is 13.1. The van der Waals surface area contributed by atoms with Crippen LogP contribution in [0.3, 0.4) is 0 Å². The fraction of sp³-hybridized carbons (Fsp3) is 0.929. The van der Waals surface area contributed by atoms with Crippen molar-refractivity contribution in [1.29, 1.82) is 0 Å². The van der Waals surface area contributed by atoms with E-state index < -0.39 is 0 Å². The van der Waals surface area contributed by atoms with E-state index in [9.17, 15) is 4.79 Å². The van der Waals surface area contributed by atoms with Crippen molar-refractivity contribution in [3.63, 3.8) is 0 Å². The van der Waals surface area contributed by atoms with Crippen molar-refractivity contribution in [2.24, 2.45) is 0 Å². The Morgan fingerprint density at radius 2 is 1.72 bits per heavy atom. The molecule has 1 unspecified atom stereocenters. The summed E-state index contributed by atoms with van der Waals surface area (Å²) >= 11 is 0. The number of piperazine rings is 1. The first kappa shape index (κ1) is 13.8. The molecular formula is C14H27N3O. The topological polar surface area (TPSA) is 35.6 Å². The summed E-state index contributed by atoms with van der Waals surface area (Å²) in [6, 6.07) is 0.855. The summed E-state index contributed by atoms with van der Waals surface area (Å²) in [7, 11) is 0. The summed E-state index contributed by atoms with van der Waals surface area (Å²) in [6.45, 7) is 10.4. The van der Waals surface area contributed by atoms with Crippen molar-refractivity contribution in [2.45, 2.75) is 58.2 Å². The SMILES string of the molecule is CC(C(=O)N1[C@H](C)CCC[C@@H]1C)N1CCNCC1. The maximum absolute atomic E-state index is 12.7. The van der Waals surface area contributed by atoms with Crippen molar-refractivity contribution in [2.75, 3.05) is 26.2 Å². The van der Waals surface area contributed by atoms with Crippen LogP contribution in [0.5, 0.6) is 0 Å². The van der Waals surface area contributed by atoms with Gasteiger partial charge in [0.1, 0.15) is 0 Å². The van der Waals surface area contributed by atoms with Gasteiger partial charge in [0, 0.05) is 38.3 Å². The first-order chi connectivity index (χ1) is 8.61. The number of carbonyl (C=O) groups excluding carboxylic acids is 1. The van der Waals surface area contributed by atoms with Gasteiger partial charge in [0.2, 0.25) is 5.91 Å². The summed E-state index contributed by atoms with van der Waals surface area (Å²) in [5.74, 6) is 0.330. The molecule has 3 atom stereocenters. The fourth-order valence-corrected chi connectivity index (χ4v) is 3.30. The summed E-state index contributed by atoms with van der Waals surface area (Å²) in [5, 5.41) is 3.34. The highest BCUT2D eigenvalue weighted by molar-refractivity contribution is 5.82. The van der Waals surface area contributed by atoms with E-state index in [0.717, 1.165) is 39.0 Å². The van der Waals surface area contributed by atoms with Gasteiger partial charge in [-0.1, -0.05) is 0 Å². The smallest absolute Gasteiger partial charge is 0.240 e. The molecule has 4 heteroatoms. The van der Waals surface area contributed by atoms with Gasteiger partial charge in [-0.3, -0.25) is 9.69 Å². The molecule has 0 radical (unpaired) electrons. The Kier molecular flexibility index (Phi) is 4.62. The number of nitrogens with one attached hydrogen (secondary N) is 1. The lowest BCUT2D eigenvalue weighted by molar-refractivity contribution is -0.142. The van der Waals surface area contributed by atoms with Crippen LogP contribution >= 0.6 is 0 Å². The molecule has 0 saturated carbocycles. The average Bonchev–Trinajstić information content (AvgIpc) is 2.38. The Morgan fingerprint density at radius 1 is 1.17 bits per heavy atom. The lowest BCUT2D eigenvalue weighted by atomic mass is 9.96. The molecule has 18 heavy (non-hydrogen) atoms. The lowest BCUT2D eigenvalue weighted by Gasteiger charge is -2.43. The number of piperidine rings is 1. The van der Waals surface area contributed by atoms with Crippen LogP contribution in [0.15, 0.2) is 0 Å². The average molecular weight is 253 g/mol. The highest BCUT2D eigenvalue weighted by Crippen LogP contribution is 2.24. The molecular weight excluding hydrogens is 226 g/mol. The van der Waals surface area contributed by atoms with Crippen LogP contribution in [0.25, 0.3) is 0 Å². The largest absolute Gasteiger partial charge is 0.336 e. The third kappa shape index (κ3) is 2.86. The monoisotopic (exact) mass is 253 g/mol. The molecule has 0 aromatic carbocycles. The summed E-state index contributed by atoms with van der Waals surface area (Å²) in [5.41, 5.74) is 0. The van der Waals surface area contributed by atoms with Crippen molar-refractivity contribution in [3.8, 4) is 0 Å². The van der Waals surface area contributed by atoms with Gasteiger partial charge in [0.15, 0.2) is 0 Å². The summed E-state index contributed by atoms with van der Waals surface area (Å²) in [4.78, 5) is 17.1. The molecule has 1 amide bonds. The maximum Gasteiger partial charge on any atom is 0.240 e. The van der Waals surface area contributed by atoms with Gasteiger partial charge in [-0.2, -0.15) is 0 Å². The Morgan fingerprint density at radius 3 is 2.28 bits per heavy atom. The van der Waals surface area contributed by atoms with Gasteiger partial charge < -0.3 is 10.2 Å². The van der Waals surface area contributed by atoms with Gasteiger partial charge in [-0.15, -0.1) is 0 Å². The van der Waals surface area contributed by atoms with Gasteiger partial charge in [0.05, 0.1) is 6.04 Å². The zero-order valence-corrected chi connectivity index (χ0v) is 12.0. The molecule has 0 aromatic rings. The van der Waals surface area contributed by atoms with E-state index in [1.54, 1.807) is 0 Å². The minimum absolute atomic E-state index is 0.0371. The van der Waals surface area contributed by atoms with Crippen LogP contribution < -0.4 is 5.32 Å². The van der Waals surface area contributed by atoms with Crippen LogP contribution in [0.2, 0.25) is 0 Å². The van der Waals surface area contributed by atoms with E-state index >= 15 is 0 Å². The van der Waals surface area contributed by atoms with Crippen LogP contribution in [0.1, 0.15) is 40.0 Å². The number of amides is 1. The van der Waals surface area contributed by atoms with E-state index in [1.807, 2.05) is 0 Å². The van der Waals surface area contributed by atoms with Crippen molar-refractivity contribution in [1.82, 2.24) is 15.1 Å². The minimum Gasteiger partial charge on any atom is -0.336 e. The molecule has 2 aliphatic rings. The Labute approximate surface area is 111 Å².